The van der Waals surface area contributed by atoms with Gasteiger partial charge in [-0.15, -0.1) is 13.2 Å². The molecule has 4 aromatic rings. The largest absolute Gasteiger partial charge is 0.573 e. The first kappa shape index (κ1) is 21.4. The first-order valence-corrected chi connectivity index (χ1v) is 9.85. The van der Waals surface area contributed by atoms with Crippen molar-refractivity contribution in [3.63, 3.8) is 0 Å². The fourth-order valence-corrected chi connectivity index (χ4v) is 3.46. The van der Waals surface area contributed by atoms with E-state index in [2.05, 4.69) is 15.2 Å². The highest BCUT2D eigenvalue weighted by molar-refractivity contribution is 6.13. The Morgan fingerprint density at radius 1 is 1.12 bits per heavy atom. The number of carbonyl (C=O) groups is 1. The molecule has 1 N–H and O–H groups in total. The van der Waals surface area contributed by atoms with Gasteiger partial charge >= 0.3 is 6.36 Å². The maximum Gasteiger partial charge on any atom is 0.573 e. The summed E-state index contributed by atoms with van der Waals surface area (Å²) in [5.74, 6) is -0.773. The normalized spacial score (nSPS) is 11.5. The molecule has 2 aromatic carbocycles. The van der Waals surface area contributed by atoms with Crippen molar-refractivity contribution in [2.24, 2.45) is 0 Å². The molecule has 2 heterocycles. The molecule has 0 spiro atoms. The molecule has 0 aliphatic carbocycles. The number of alkyl halides is 3. The van der Waals surface area contributed by atoms with Crippen LogP contribution in [0, 0.1) is 6.92 Å². The molecule has 0 aliphatic heterocycles. The quantitative estimate of drug-likeness (QED) is 0.440. The molecule has 0 aliphatic rings. The molecule has 6 nitrogen and oxygen atoms in total. The fourth-order valence-electron chi connectivity index (χ4n) is 3.46. The number of carbonyl (C=O) groups excluding carboxylic acids is 1. The van der Waals surface area contributed by atoms with Crippen molar-refractivity contribution in [3.05, 3.63) is 72.1 Å². The molecule has 0 bridgehead atoms. The summed E-state index contributed by atoms with van der Waals surface area (Å²) in [6, 6.07) is 13.9. The maximum atomic E-state index is 13.1. The Balaban J connectivity index is 1.68. The monoisotopic (exact) mass is 440 g/mol. The van der Waals surface area contributed by atoms with Gasteiger partial charge in [-0.05, 0) is 50.2 Å². The number of aryl methyl sites for hydroxylation is 1. The highest BCUT2D eigenvalue weighted by atomic mass is 19.4. The lowest BCUT2D eigenvalue weighted by molar-refractivity contribution is -0.274. The molecular weight excluding hydrogens is 421 g/mol. The van der Waals surface area contributed by atoms with Gasteiger partial charge in [-0.2, -0.15) is 5.10 Å². The van der Waals surface area contributed by atoms with Gasteiger partial charge in [-0.1, -0.05) is 18.2 Å². The molecular formula is C23H19F3N4O2. The highest BCUT2D eigenvalue weighted by Crippen LogP contribution is 2.28. The van der Waals surface area contributed by atoms with Gasteiger partial charge < -0.3 is 10.1 Å². The standard InChI is InChI=1S/C23H19F3N4O2/c1-3-30-14(2)19(13-27-30)21-12-18(17-6-4-5-7-20(17)29-21)22(31)28-15-8-10-16(11-9-15)32-23(24,25)26/h4-13H,3H2,1-2H3,(H,28,31). The number of hydrogen-bond donors (Lipinski definition) is 1. The molecule has 0 saturated carbocycles. The van der Waals surface area contributed by atoms with E-state index in [1.165, 1.54) is 12.1 Å². The Bertz CT molecular complexity index is 1280. The number of halogens is 3. The number of anilines is 1. The minimum absolute atomic E-state index is 0.335. The number of benzene rings is 2. The van der Waals surface area contributed by atoms with Crippen LogP contribution in [-0.4, -0.2) is 27.0 Å². The summed E-state index contributed by atoms with van der Waals surface area (Å²) in [5, 5.41) is 7.74. The van der Waals surface area contributed by atoms with Crippen LogP contribution in [0.4, 0.5) is 18.9 Å². The Labute approximate surface area is 181 Å². The van der Waals surface area contributed by atoms with Gasteiger partial charge in [0.1, 0.15) is 5.75 Å². The van der Waals surface area contributed by atoms with Crippen molar-refractivity contribution in [2.75, 3.05) is 5.32 Å². The third kappa shape index (κ3) is 4.41. The lowest BCUT2D eigenvalue weighted by Crippen LogP contribution is -2.17. The van der Waals surface area contributed by atoms with Crippen LogP contribution >= 0.6 is 0 Å². The first-order chi connectivity index (χ1) is 15.2. The minimum atomic E-state index is -4.78. The molecule has 0 saturated heterocycles. The van der Waals surface area contributed by atoms with Crippen molar-refractivity contribution in [3.8, 4) is 17.0 Å². The minimum Gasteiger partial charge on any atom is -0.406 e. The van der Waals surface area contributed by atoms with Gasteiger partial charge in [-0.25, -0.2) is 4.98 Å². The number of para-hydroxylation sites is 1. The second-order valence-electron chi connectivity index (χ2n) is 7.06. The molecule has 0 fully saturated rings. The molecule has 9 heteroatoms. The van der Waals surface area contributed by atoms with Crippen molar-refractivity contribution in [1.29, 1.82) is 0 Å². The van der Waals surface area contributed by atoms with Gasteiger partial charge in [0.25, 0.3) is 5.91 Å². The topological polar surface area (TPSA) is 69.0 Å². The van der Waals surface area contributed by atoms with Crippen LogP contribution in [-0.2, 0) is 6.54 Å². The summed E-state index contributed by atoms with van der Waals surface area (Å²) in [6.07, 6.45) is -3.06. The predicted molar refractivity (Wildman–Crippen MR) is 114 cm³/mol. The number of amides is 1. The summed E-state index contributed by atoms with van der Waals surface area (Å²) in [4.78, 5) is 17.8. The molecule has 1 amide bonds. The molecule has 164 valence electrons. The van der Waals surface area contributed by atoms with E-state index in [9.17, 15) is 18.0 Å². The summed E-state index contributed by atoms with van der Waals surface area (Å²) in [6.45, 7) is 4.63. The molecule has 32 heavy (non-hydrogen) atoms. The van der Waals surface area contributed by atoms with Crippen LogP contribution in [0.15, 0.2) is 60.8 Å². The number of pyridine rings is 1. The Morgan fingerprint density at radius 3 is 2.50 bits per heavy atom. The Morgan fingerprint density at radius 2 is 1.84 bits per heavy atom. The number of fused-ring (bicyclic) bond motifs is 1. The zero-order valence-electron chi connectivity index (χ0n) is 17.3. The summed E-state index contributed by atoms with van der Waals surface area (Å²) < 4.78 is 42.8. The Hall–Kier alpha value is -3.88. The lowest BCUT2D eigenvalue weighted by Gasteiger charge is -2.12. The van der Waals surface area contributed by atoms with Crippen molar-refractivity contribution in [1.82, 2.24) is 14.8 Å². The maximum absolute atomic E-state index is 13.1. The zero-order valence-corrected chi connectivity index (χ0v) is 17.3. The van der Waals surface area contributed by atoms with Gasteiger partial charge in [0.15, 0.2) is 0 Å². The number of nitrogens with one attached hydrogen (secondary N) is 1. The van der Waals surface area contributed by atoms with E-state index in [1.807, 2.05) is 36.7 Å². The van der Waals surface area contributed by atoms with Gasteiger partial charge in [0.2, 0.25) is 0 Å². The fraction of sp³-hybridized carbons (Fsp3) is 0.174. The first-order valence-electron chi connectivity index (χ1n) is 9.85. The van der Waals surface area contributed by atoms with E-state index >= 15 is 0 Å². The van der Waals surface area contributed by atoms with Gasteiger partial charge in [0, 0.05) is 28.9 Å². The highest BCUT2D eigenvalue weighted by Gasteiger charge is 2.31. The molecule has 4 rings (SSSR count). The third-order valence-corrected chi connectivity index (χ3v) is 4.99. The smallest absolute Gasteiger partial charge is 0.406 e. The van der Waals surface area contributed by atoms with Crippen LogP contribution < -0.4 is 10.1 Å². The van der Waals surface area contributed by atoms with Crippen LogP contribution in [0.5, 0.6) is 5.75 Å². The van der Waals surface area contributed by atoms with E-state index in [4.69, 9.17) is 4.98 Å². The van der Waals surface area contributed by atoms with Crippen LogP contribution in [0.25, 0.3) is 22.2 Å². The second kappa shape index (κ2) is 8.33. The average molecular weight is 440 g/mol. The second-order valence-corrected chi connectivity index (χ2v) is 7.06. The molecule has 2 aromatic heterocycles. The predicted octanol–water partition coefficient (Wildman–Crippen LogP) is 5.58. The van der Waals surface area contributed by atoms with E-state index in [0.29, 0.717) is 34.4 Å². The van der Waals surface area contributed by atoms with Crippen LogP contribution in [0.2, 0.25) is 0 Å². The van der Waals surface area contributed by atoms with Crippen LogP contribution in [0.3, 0.4) is 0 Å². The van der Waals surface area contributed by atoms with E-state index in [-0.39, 0.29) is 5.75 Å². The van der Waals surface area contributed by atoms with E-state index in [1.54, 1.807) is 18.3 Å². The third-order valence-electron chi connectivity index (χ3n) is 4.99. The molecule has 0 atom stereocenters. The van der Waals surface area contributed by atoms with Crippen molar-refractivity contribution < 1.29 is 22.7 Å². The van der Waals surface area contributed by atoms with Crippen LogP contribution in [0.1, 0.15) is 23.0 Å². The van der Waals surface area contributed by atoms with Gasteiger partial charge in [-0.3, -0.25) is 9.48 Å². The number of nitrogens with zero attached hydrogens (tertiary/aromatic N) is 3. The van der Waals surface area contributed by atoms with Crippen molar-refractivity contribution in [2.45, 2.75) is 26.8 Å². The summed E-state index contributed by atoms with van der Waals surface area (Å²) in [5.41, 5.74) is 3.74. The zero-order chi connectivity index (χ0) is 22.9. The number of ether oxygens (including phenoxy) is 1. The lowest BCUT2D eigenvalue weighted by atomic mass is 10.0. The number of rotatable bonds is 5. The number of hydrogen-bond acceptors (Lipinski definition) is 4. The molecule has 0 radical (unpaired) electrons. The van der Waals surface area contributed by atoms with E-state index < -0.39 is 12.3 Å². The van der Waals surface area contributed by atoms with E-state index in [0.717, 1.165) is 23.4 Å². The average Bonchev–Trinajstić information content (AvgIpc) is 3.13. The SMILES string of the molecule is CCn1ncc(-c2cc(C(=O)Nc3ccc(OC(F)(F)F)cc3)c3ccccc3n2)c1C. The summed E-state index contributed by atoms with van der Waals surface area (Å²) >= 11 is 0. The summed E-state index contributed by atoms with van der Waals surface area (Å²) in [7, 11) is 0. The molecule has 0 unspecified atom stereocenters. The Kier molecular flexibility index (Phi) is 5.56. The van der Waals surface area contributed by atoms with Gasteiger partial charge in [0.05, 0.1) is 23.0 Å². The van der Waals surface area contributed by atoms with Crippen molar-refractivity contribution >= 4 is 22.5 Å². The number of aromatic nitrogens is 3.